The number of halogens is 10. The fourth-order valence-corrected chi connectivity index (χ4v) is 7.53. The quantitative estimate of drug-likeness (QED) is 0.0710. The molecule has 0 amide bonds. The van der Waals surface area contributed by atoms with Gasteiger partial charge in [0, 0.05) is 11.1 Å². The summed E-state index contributed by atoms with van der Waals surface area (Å²) in [6.07, 6.45) is 1.55. The Balaban J connectivity index is 2.18. The molecule has 4 aromatic rings. The van der Waals surface area contributed by atoms with E-state index in [0.717, 1.165) is 40.6 Å². The highest BCUT2D eigenvalue weighted by atomic mass is 32.2. The van der Waals surface area contributed by atoms with E-state index in [1.54, 1.807) is 0 Å². The van der Waals surface area contributed by atoms with Gasteiger partial charge in [0.1, 0.15) is 10.5 Å². The maximum atomic E-state index is 15.1. The van der Waals surface area contributed by atoms with Gasteiger partial charge in [-0.3, -0.25) is 0 Å². The molecule has 8 nitrogen and oxygen atoms in total. The summed E-state index contributed by atoms with van der Waals surface area (Å²) in [6.45, 7) is 0. The number of hydrogen-bond donors (Lipinski definition) is 0. The molecule has 0 aliphatic carbocycles. The van der Waals surface area contributed by atoms with Gasteiger partial charge in [-0.2, -0.15) is 0 Å². The molecular weight excluding hydrogens is 782 g/mol. The average molecular weight is 811 g/mol. The van der Waals surface area contributed by atoms with E-state index in [9.17, 15) is 43.9 Å². The molecule has 2 atom stereocenters. The first kappa shape index (κ1) is 42.2. The van der Waals surface area contributed by atoms with Gasteiger partial charge in [0.05, 0.1) is 53.8 Å². The number of benzene rings is 4. The van der Waals surface area contributed by atoms with Gasteiger partial charge in [0.25, 0.3) is 0 Å². The number of ether oxygens (including phenoxy) is 6. The standard InChI is InChI=1S/C36H28F10O8S/c1-49-19-11-7-15(33(51-3)35(19)53-5)21(13-9-17-23(37)27(41)31(45)28(42)24(17)38)55(47,48)22(16-8-12-20(50-2)36(54-6)34(16)52-4)14-10-18-25(39)29(43)32(46)30(44)26(18)40/h7-14,21-22H,1-6H3/b13-9-,14-10-. The highest BCUT2D eigenvalue weighted by molar-refractivity contribution is 7.92. The third-order valence-corrected chi connectivity index (χ3v) is 10.4. The summed E-state index contributed by atoms with van der Waals surface area (Å²) >= 11 is 0. The van der Waals surface area contributed by atoms with Crippen molar-refractivity contribution in [2.75, 3.05) is 42.7 Å². The first-order chi connectivity index (χ1) is 26.0. The third-order valence-electron chi connectivity index (χ3n) is 8.15. The molecule has 0 spiro atoms. The van der Waals surface area contributed by atoms with Crippen molar-refractivity contribution in [2.24, 2.45) is 0 Å². The van der Waals surface area contributed by atoms with Crippen molar-refractivity contribution in [3.05, 3.63) is 117 Å². The van der Waals surface area contributed by atoms with Gasteiger partial charge in [-0.1, -0.05) is 24.3 Å². The van der Waals surface area contributed by atoms with Gasteiger partial charge < -0.3 is 28.4 Å². The van der Waals surface area contributed by atoms with E-state index in [0.29, 0.717) is 12.2 Å². The maximum absolute atomic E-state index is 15.1. The molecule has 0 saturated carbocycles. The predicted molar refractivity (Wildman–Crippen MR) is 177 cm³/mol. The van der Waals surface area contributed by atoms with Crippen LogP contribution in [0.25, 0.3) is 12.2 Å². The Labute approximate surface area is 307 Å². The Morgan fingerprint density at radius 1 is 0.418 bits per heavy atom. The Hall–Kier alpha value is -5.59. The lowest BCUT2D eigenvalue weighted by atomic mass is 10.1. The molecule has 0 radical (unpaired) electrons. The molecule has 0 fully saturated rings. The SMILES string of the molecule is COc1ccc(C(/C=C\c2c(F)c(F)c(F)c(F)c2F)S(=O)(=O)C(/C=C\c2c(F)c(F)c(F)c(F)c2F)c2ccc(OC)c(OC)c2OC)c(OC)c1OC. The highest BCUT2D eigenvalue weighted by Gasteiger charge is 2.39. The smallest absolute Gasteiger partial charge is 0.203 e. The van der Waals surface area contributed by atoms with Crippen LogP contribution in [0.1, 0.15) is 32.8 Å². The molecule has 0 N–H and O–H groups in total. The molecule has 0 bridgehead atoms. The van der Waals surface area contributed by atoms with Crippen molar-refractivity contribution >= 4 is 22.0 Å². The van der Waals surface area contributed by atoms with Crippen LogP contribution in [0.5, 0.6) is 34.5 Å². The summed E-state index contributed by atoms with van der Waals surface area (Å²) < 4.78 is 206. The van der Waals surface area contributed by atoms with Crippen LogP contribution < -0.4 is 28.4 Å². The van der Waals surface area contributed by atoms with Crippen molar-refractivity contribution in [1.82, 2.24) is 0 Å². The zero-order chi connectivity index (χ0) is 41.1. The fraction of sp³-hybridized carbons (Fsp3) is 0.222. The molecule has 0 aromatic heterocycles. The summed E-state index contributed by atoms with van der Waals surface area (Å²) in [7, 11) is 1.46. The molecule has 4 rings (SSSR count). The predicted octanol–water partition coefficient (Wildman–Crippen LogP) is 8.75. The van der Waals surface area contributed by atoms with Crippen molar-refractivity contribution in [2.45, 2.75) is 10.5 Å². The van der Waals surface area contributed by atoms with E-state index in [4.69, 9.17) is 28.4 Å². The van der Waals surface area contributed by atoms with Gasteiger partial charge in [-0.15, -0.1) is 0 Å². The number of rotatable bonds is 14. The normalized spacial score (nSPS) is 12.9. The molecule has 296 valence electrons. The summed E-state index contributed by atoms with van der Waals surface area (Å²) in [5, 5.41) is -4.61. The van der Waals surface area contributed by atoms with Gasteiger partial charge in [-0.05, 0) is 24.3 Å². The van der Waals surface area contributed by atoms with Crippen LogP contribution in [0.15, 0.2) is 36.4 Å². The zero-order valence-corrected chi connectivity index (χ0v) is 30.0. The minimum absolute atomic E-state index is 0.0349. The van der Waals surface area contributed by atoms with E-state index in [1.165, 1.54) is 26.4 Å². The maximum Gasteiger partial charge on any atom is 0.203 e. The second-order valence-electron chi connectivity index (χ2n) is 11.0. The molecule has 0 saturated heterocycles. The molecular formula is C36H28F10O8S. The second-order valence-corrected chi connectivity index (χ2v) is 13.2. The van der Waals surface area contributed by atoms with Crippen LogP contribution in [0.4, 0.5) is 43.9 Å². The van der Waals surface area contributed by atoms with Gasteiger partial charge in [0.2, 0.25) is 23.1 Å². The van der Waals surface area contributed by atoms with E-state index < -0.39 is 112 Å². The lowest BCUT2D eigenvalue weighted by Crippen LogP contribution is -2.21. The molecule has 0 aliphatic rings. The van der Waals surface area contributed by atoms with Crippen molar-refractivity contribution in [3.63, 3.8) is 0 Å². The van der Waals surface area contributed by atoms with Crippen LogP contribution in [0.3, 0.4) is 0 Å². The lowest BCUT2D eigenvalue weighted by molar-refractivity contribution is 0.322. The third kappa shape index (κ3) is 7.44. The highest BCUT2D eigenvalue weighted by Crippen LogP contribution is 2.50. The average Bonchev–Trinajstić information content (AvgIpc) is 3.18. The summed E-state index contributed by atoms with van der Waals surface area (Å²) in [6, 6.07) is 4.48. The van der Waals surface area contributed by atoms with E-state index in [-0.39, 0.29) is 35.2 Å². The number of methoxy groups -OCH3 is 6. The molecule has 2 unspecified atom stereocenters. The zero-order valence-electron chi connectivity index (χ0n) is 29.2. The molecule has 0 heterocycles. The van der Waals surface area contributed by atoms with Gasteiger partial charge in [-0.25, -0.2) is 52.3 Å². The minimum Gasteiger partial charge on any atom is -0.493 e. The van der Waals surface area contributed by atoms with E-state index in [2.05, 4.69) is 0 Å². The van der Waals surface area contributed by atoms with Gasteiger partial charge in [0.15, 0.2) is 79.4 Å². The van der Waals surface area contributed by atoms with Gasteiger partial charge >= 0.3 is 0 Å². The summed E-state index contributed by atoms with van der Waals surface area (Å²) in [5.41, 5.74) is -4.02. The fourth-order valence-electron chi connectivity index (χ4n) is 5.54. The monoisotopic (exact) mass is 810 g/mol. The van der Waals surface area contributed by atoms with E-state index in [1.807, 2.05) is 0 Å². The topological polar surface area (TPSA) is 89.5 Å². The van der Waals surface area contributed by atoms with E-state index >= 15 is 8.42 Å². The molecule has 55 heavy (non-hydrogen) atoms. The minimum atomic E-state index is -5.31. The molecule has 0 aliphatic heterocycles. The number of sulfone groups is 1. The van der Waals surface area contributed by atoms with Crippen molar-refractivity contribution in [3.8, 4) is 34.5 Å². The van der Waals surface area contributed by atoms with Crippen molar-refractivity contribution < 1.29 is 80.7 Å². The van der Waals surface area contributed by atoms with Crippen LogP contribution in [-0.2, 0) is 9.84 Å². The summed E-state index contributed by atoms with van der Waals surface area (Å²) in [4.78, 5) is 0. The Bertz CT molecular complexity index is 2090. The Morgan fingerprint density at radius 3 is 0.945 bits per heavy atom. The molecule has 19 heteroatoms. The summed E-state index contributed by atoms with van der Waals surface area (Å²) in [5.74, 6) is -25.2. The van der Waals surface area contributed by atoms with Crippen molar-refractivity contribution in [1.29, 1.82) is 0 Å². The second kappa shape index (κ2) is 16.8. The van der Waals surface area contributed by atoms with Crippen LogP contribution in [0.2, 0.25) is 0 Å². The molecule has 4 aromatic carbocycles. The largest absolute Gasteiger partial charge is 0.493 e. The van der Waals surface area contributed by atoms with Crippen LogP contribution in [0, 0.1) is 58.2 Å². The van der Waals surface area contributed by atoms with Crippen LogP contribution >= 0.6 is 0 Å². The van der Waals surface area contributed by atoms with Crippen LogP contribution in [-0.4, -0.2) is 51.1 Å². The lowest BCUT2D eigenvalue weighted by Gasteiger charge is -2.26. The first-order valence-corrected chi connectivity index (χ1v) is 16.8. The Kier molecular flexibility index (Phi) is 12.9. The Morgan fingerprint density at radius 2 is 0.691 bits per heavy atom. The number of hydrogen-bond acceptors (Lipinski definition) is 8. The first-order valence-electron chi connectivity index (χ1n) is 15.2.